The van der Waals surface area contributed by atoms with Crippen LogP contribution in [0.3, 0.4) is 0 Å². The maximum atomic E-state index is 2.63. The summed E-state index contributed by atoms with van der Waals surface area (Å²) in [6, 6.07) is 37.2. The van der Waals surface area contributed by atoms with E-state index in [-0.39, 0.29) is 35.6 Å². The van der Waals surface area contributed by atoms with Crippen LogP contribution in [0.15, 0.2) is 119 Å². The van der Waals surface area contributed by atoms with Crippen molar-refractivity contribution >= 4 is 3.81 Å². The van der Waals surface area contributed by atoms with Crippen LogP contribution in [0.1, 0.15) is 104 Å². The SMILES string of the molecule is CC(C)(c1ccccc1)c1ccc2c(c1)[CH]([Ti+2]([C]1=CC=CC1)=[C]1CCCCC1)c1cc(C(C)(C)c3ccccc3)ccc1-2.[Cl-].[Cl-]. The van der Waals surface area contributed by atoms with Crippen LogP contribution in [0.25, 0.3) is 11.1 Å². The minimum Gasteiger partial charge on any atom is -1.00 e. The maximum absolute atomic E-state index is 2.63. The first-order valence-corrected chi connectivity index (χ1v) is 18.8. The van der Waals surface area contributed by atoms with Crippen molar-refractivity contribution in [1.29, 1.82) is 0 Å². The second-order valence-corrected chi connectivity index (χ2v) is 18.2. The van der Waals surface area contributed by atoms with E-state index >= 15 is 0 Å². The topological polar surface area (TPSA) is 0 Å². The molecule has 0 N–H and O–H groups in total. The monoisotopic (exact) mass is 666 g/mol. The molecule has 4 aromatic carbocycles. The van der Waals surface area contributed by atoms with Gasteiger partial charge in [-0.25, -0.2) is 0 Å². The van der Waals surface area contributed by atoms with Crippen LogP contribution in [0.5, 0.6) is 0 Å². The number of fused-ring (bicyclic) bond motifs is 3. The number of benzene rings is 4. The first kappa shape index (κ1) is 33.9. The molecule has 3 aliphatic carbocycles. The molecule has 0 radical (unpaired) electrons. The van der Waals surface area contributed by atoms with Gasteiger partial charge in [0.1, 0.15) is 0 Å². The van der Waals surface area contributed by atoms with E-state index in [1.165, 1.54) is 65.5 Å². The van der Waals surface area contributed by atoms with E-state index in [0.29, 0.717) is 4.22 Å². The fourth-order valence-corrected chi connectivity index (χ4v) is 13.9. The van der Waals surface area contributed by atoms with Gasteiger partial charge in [-0.3, -0.25) is 0 Å². The number of halogens is 2. The predicted molar refractivity (Wildman–Crippen MR) is 181 cm³/mol. The Bertz CT molecular complexity index is 1650. The van der Waals surface area contributed by atoms with Crippen LogP contribution >= 0.6 is 0 Å². The molecule has 0 saturated heterocycles. The predicted octanol–water partition coefficient (Wildman–Crippen LogP) is 5.01. The Hall–Kier alpha value is -2.48. The van der Waals surface area contributed by atoms with Crippen molar-refractivity contribution in [1.82, 2.24) is 0 Å². The zero-order chi connectivity index (χ0) is 29.6. The number of allylic oxidation sites excluding steroid dienone is 4. The van der Waals surface area contributed by atoms with Gasteiger partial charge in [-0.15, -0.1) is 0 Å². The van der Waals surface area contributed by atoms with E-state index in [9.17, 15) is 0 Å². The number of hydrogen-bond donors (Lipinski definition) is 0. The van der Waals surface area contributed by atoms with Gasteiger partial charge in [0, 0.05) is 0 Å². The molecule has 0 atom stereocenters. The van der Waals surface area contributed by atoms with Crippen molar-refractivity contribution in [3.8, 4) is 11.1 Å². The Balaban J connectivity index is 0.00000200. The van der Waals surface area contributed by atoms with Crippen LogP contribution in [0, 0.1) is 0 Å². The van der Waals surface area contributed by atoms with Crippen molar-refractivity contribution < 1.29 is 42.2 Å². The van der Waals surface area contributed by atoms with Gasteiger partial charge >= 0.3 is 266 Å². The molecule has 3 heteroatoms. The van der Waals surface area contributed by atoms with E-state index in [4.69, 9.17) is 0 Å². The quantitative estimate of drug-likeness (QED) is 0.254. The third-order valence-electron chi connectivity index (χ3n) is 10.7. The van der Waals surface area contributed by atoms with Gasteiger partial charge < -0.3 is 24.8 Å². The van der Waals surface area contributed by atoms with E-state index in [2.05, 4.69) is 143 Å². The molecule has 3 aliphatic rings. The molecule has 45 heavy (non-hydrogen) atoms. The third-order valence-corrected chi connectivity index (χ3v) is 16.2. The van der Waals surface area contributed by atoms with E-state index in [1.54, 1.807) is 15.0 Å². The molecule has 230 valence electrons. The maximum Gasteiger partial charge on any atom is -1.00 e. The second-order valence-electron chi connectivity index (χ2n) is 13.9. The summed E-state index contributed by atoms with van der Waals surface area (Å²) < 4.78 is 4.24. The van der Waals surface area contributed by atoms with Crippen molar-refractivity contribution in [2.45, 2.75) is 81.3 Å². The normalized spacial score (nSPS) is 15.7. The molecule has 4 aromatic rings. The van der Waals surface area contributed by atoms with E-state index < -0.39 is 17.4 Å². The van der Waals surface area contributed by atoms with Gasteiger partial charge in [-0.2, -0.15) is 0 Å². The first-order valence-electron chi connectivity index (χ1n) is 16.3. The number of rotatable bonds is 6. The summed E-state index contributed by atoms with van der Waals surface area (Å²) in [7, 11) is 0. The second kappa shape index (κ2) is 13.7. The molecule has 0 aromatic heterocycles. The van der Waals surface area contributed by atoms with Gasteiger partial charge in [0.15, 0.2) is 0 Å². The zero-order valence-electron chi connectivity index (χ0n) is 27.0. The standard InChI is InChI=1S/C31H29.C6H10.C5H5.2ClH.Ti/c1-30(2,24-11-7-5-8-12-24)26-15-17-28-22(20-26)19-23-21-27(16-18-29(23)28)31(3,4)25-13-9-6-10-14-25;1-2-4-6-5-3-1;1-2-4-5-3-1;;;/h5-21H,1-4H3;1-5H2;1-3H,4H2;2*1H;/q;;;;;+2/p-2. The Morgan fingerprint density at radius 1 is 0.578 bits per heavy atom. The Kier molecular flexibility index (Phi) is 10.3. The molecular weight excluding hydrogens is 623 g/mol. The van der Waals surface area contributed by atoms with Crippen molar-refractivity contribution in [2.75, 3.05) is 0 Å². The largest absolute Gasteiger partial charge is 1.00 e. The molecule has 1 fully saturated rings. The molecular formula is C42H44Cl2Ti. The number of hydrogen-bond acceptors (Lipinski definition) is 0. The summed E-state index contributed by atoms with van der Waals surface area (Å²) in [4.78, 5) is 0. The molecule has 7 rings (SSSR count). The van der Waals surface area contributed by atoms with Gasteiger partial charge in [-0.1, -0.05) is 0 Å². The van der Waals surface area contributed by atoms with Gasteiger partial charge in [0.2, 0.25) is 0 Å². The summed E-state index contributed by atoms with van der Waals surface area (Å²) in [5.41, 5.74) is 11.7. The van der Waals surface area contributed by atoms with Crippen LogP contribution in [0.4, 0.5) is 0 Å². The zero-order valence-corrected chi connectivity index (χ0v) is 30.1. The molecule has 0 amide bonds. The Morgan fingerprint density at radius 2 is 1.07 bits per heavy atom. The summed E-state index contributed by atoms with van der Waals surface area (Å²) >= 11 is -1.86. The summed E-state index contributed by atoms with van der Waals surface area (Å²) in [5.74, 6) is 0. The fraction of sp³-hybridized carbons (Fsp3) is 0.310. The fourth-order valence-electron chi connectivity index (χ4n) is 7.90. The average molecular weight is 668 g/mol. The van der Waals surface area contributed by atoms with Gasteiger partial charge in [0.05, 0.1) is 0 Å². The van der Waals surface area contributed by atoms with Crippen molar-refractivity contribution in [3.05, 3.63) is 153 Å². The third kappa shape index (κ3) is 6.17. The Morgan fingerprint density at radius 3 is 1.51 bits per heavy atom. The molecule has 0 spiro atoms. The average Bonchev–Trinajstić information content (AvgIpc) is 3.69. The first-order chi connectivity index (χ1) is 20.9. The minimum atomic E-state index is -1.86. The summed E-state index contributed by atoms with van der Waals surface area (Å²) in [5, 5.41) is 0. The smallest absolute Gasteiger partial charge is 1.00 e. The van der Waals surface area contributed by atoms with Crippen molar-refractivity contribution in [2.24, 2.45) is 0 Å². The van der Waals surface area contributed by atoms with E-state index in [0.717, 1.165) is 6.42 Å². The van der Waals surface area contributed by atoms with Crippen LogP contribution in [0.2, 0.25) is 0 Å². The Labute approximate surface area is 289 Å². The summed E-state index contributed by atoms with van der Waals surface area (Å²) in [6.07, 6.45) is 15.3. The minimum absolute atomic E-state index is 0. The van der Waals surface area contributed by atoms with Gasteiger partial charge in [-0.05, 0) is 0 Å². The molecule has 0 heterocycles. The van der Waals surface area contributed by atoms with Gasteiger partial charge in [0.25, 0.3) is 0 Å². The van der Waals surface area contributed by atoms with Crippen molar-refractivity contribution in [3.63, 3.8) is 0 Å². The van der Waals surface area contributed by atoms with Crippen LogP contribution in [-0.2, 0) is 28.2 Å². The molecule has 0 aliphatic heterocycles. The van der Waals surface area contributed by atoms with E-state index in [1.807, 2.05) is 3.81 Å². The molecule has 0 bridgehead atoms. The molecule has 0 nitrogen and oxygen atoms in total. The summed E-state index contributed by atoms with van der Waals surface area (Å²) in [6.45, 7) is 9.60. The van der Waals surface area contributed by atoms with Crippen LogP contribution < -0.4 is 24.8 Å². The van der Waals surface area contributed by atoms with Crippen LogP contribution in [-0.4, -0.2) is 3.81 Å². The molecule has 1 saturated carbocycles. The molecule has 0 unspecified atom stereocenters.